The van der Waals surface area contributed by atoms with Crippen molar-refractivity contribution in [2.24, 2.45) is 0 Å². The van der Waals surface area contributed by atoms with E-state index in [1.165, 1.54) is 11.8 Å². The van der Waals surface area contributed by atoms with Crippen LogP contribution in [0.1, 0.15) is 29.1 Å². The first-order valence-corrected chi connectivity index (χ1v) is 11.3. The highest BCUT2D eigenvalue weighted by molar-refractivity contribution is 9.10. The minimum absolute atomic E-state index is 0.284. The number of benzene rings is 2. The second-order valence-corrected chi connectivity index (χ2v) is 8.82. The molecule has 10 heteroatoms. The molecule has 3 rings (SSSR count). The maximum atomic E-state index is 11.5. The van der Waals surface area contributed by atoms with E-state index in [-0.39, 0.29) is 11.5 Å². The normalized spacial score (nSPS) is 11.9. The maximum Gasteiger partial charge on any atom is 0.220 e. The van der Waals surface area contributed by atoms with E-state index in [1.54, 1.807) is 13.2 Å². The Kier molecular flexibility index (Phi) is 7.55. The van der Waals surface area contributed by atoms with E-state index in [0.29, 0.717) is 33.6 Å². The molecule has 0 N–H and O–H groups in total. The average molecular weight is 507 g/mol. The summed E-state index contributed by atoms with van der Waals surface area (Å²) in [6.07, 6.45) is 0. The third-order valence-electron chi connectivity index (χ3n) is 4.53. The molecule has 3 aromatic rings. The van der Waals surface area contributed by atoms with E-state index in [9.17, 15) is 10.1 Å². The van der Waals surface area contributed by atoms with Gasteiger partial charge in [-0.3, -0.25) is 14.7 Å². The largest absolute Gasteiger partial charge is 0.493 e. The molecule has 0 aliphatic carbocycles. The molecule has 0 unspecified atom stereocenters. The Hall–Kier alpha value is -2.59. The van der Waals surface area contributed by atoms with Gasteiger partial charge in [-0.1, -0.05) is 23.9 Å². The first-order chi connectivity index (χ1) is 14.8. The highest BCUT2D eigenvalue weighted by Crippen LogP contribution is 2.43. The first-order valence-electron chi connectivity index (χ1n) is 9.61. The Morgan fingerprint density at radius 1 is 1.26 bits per heavy atom. The summed E-state index contributed by atoms with van der Waals surface area (Å²) in [4.78, 5) is 11.1. The molecule has 0 fully saturated rings. The molecule has 0 aliphatic rings. The monoisotopic (exact) mass is 506 g/mol. The predicted octanol–water partition coefficient (Wildman–Crippen LogP) is 5.16. The fraction of sp³-hybridized carbons (Fsp3) is 0.333. The van der Waals surface area contributed by atoms with Gasteiger partial charge in [0.25, 0.3) is 0 Å². The van der Waals surface area contributed by atoms with E-state index >= 15 is 0 Å². The number of methoxy groups -OCH3 is 1. The lowest BCUT2D eigenvalue weighted by atomic mass is 10.1. The number of nitrogens with zero attached hydrogens (tertiary/aromatic N) is 4. The number of aryl methyl sites for hydroxylation is 2. The smallest absolute Gasteiger partial charge is 0.220 e. The van der Waals surface area contributed by atoms with Crippen LogP contribution in [0.5, 0.6) is 11.5 Å². The molecular weight excluding hydrogens is 484 g/mol. The molecule has 1 aromatic heterocycles. The Bertz CT molecular complexity index is 1090. The van der Waals surface area contributed by atoms with Crippen molar-refractivity contribution in [3.63, 3.8) is 0 Å². The van der Waals surface area contributed by atoms with Gasteiger partial charge >= 0.3 is 0 Å². The summed E-state index contributed by atoms with van der Waals surface area (Å²) in [5, 5.41) is 20.0. The van der Waals surface area contributed by atoms with Crippen LogP contribution >= 0.6 is 27.7 Å². The number of rotatable bonds is 9. The highest BCUT2D eigenvalue weighted by atomic mass is 79.9. The first kappa shape index (κ1) is 23.1. The van der Waals surface area contributed by atoms with Gasteiger partial charge in [0.2, 0.25) is 6.54 Å². The van der Waals surface area contributed by atoms with Gasteiger partial charge in [-0.15, -0.1) is 10.2 Å². The predicted molar refractivity (Wildman–Crippen MR) is 123 cm³/mol. The number of hydrogen-bond acceptors (Lipinski definition) is 7. The lowest BCUT2D eigenvalue weighted by molar-refractivity contribution is -0.479. The zero-order chi connectivity index (χ0) is 22.5. The van der Waals surface area contributed by atoms with Crippen molar-refractivity contribution in [2.75, 3.05) is 20.3 Å². The second kappa shape index (κ2) is 10.1. The molecule has 0 bridgehead atoms. The topological polar surface area (TPSA) is 92.3 Å². The highest BCUT2D eigenvalue weighted by Gasteiger charge is 2.26. The third-order valence-corrected chi connectivity index (χ3v) is 6.30. The van der Waals surface area contributed by atoms with E-state index in [2.05, 4.69) is 26.1 Å². The van der Waals surface area contributed by atoms with Crippen molar-refractivity contribution in [3.8, 4) is 17.2 Å². The number of ether oxygens (including phenoxy) is 2. The molecule has 31 heavy (non-hydrogen) atoms. The lowest BCUT2D eigenvalue weighted by Crippen LogP contribution is -2.12. The number of thioether (sulfide) groups is 1. The van der Waals surface area contributed by atoms with Crippen LogP contribution in [0.3, 0.4) is 0 Å². The molecule has 0 amide bonds. The van der Waals surface area contributed by atoms with Gasteiger partial charge < -0.3 is 9.47 Å². The minimum Gasteiger partial charge on any atom is -0.493 e. The van der Waals surface area contributed by atoms with Gasteiger partial charge in [0.05, 0.1) is 18.2 Å². The Labute approximate surface area is 193 Å². The molecule has 0 aliphatic heterocycles. The summed E-state index contributed by atoms with van der Waals surface area (Å²) in [5.74, 6) is 1.78. The zero-order valence-electron chi connectivity index (χ0n) is 17.7. The van der Waals surface area contributed by atoms with Crippen LogP contribution in [0.15, 0.2) is 46.0 Å². The molecule has 0 radical (unpaired) electrons. The molecule has 0 spiro atoms. The molecule has 1 atom stereocenters. The van der Waals surface area contributed by atoms with Gasteiger partial charge in [-0.2, -0.15) is 0 Å². The van der Waals surface area contributed by atoms with Crippen molar-refractivity contribution < 1.29 is 14.4 Å². The van der Waals surface area contributed by atoms with Gasteiger partial charge in [0, 0.05) is 10.6 Å². The SMILES string of the molecule is CCOc1c(Br)cc([C@@H](C[N+](=O)[O-])Sc2nnc(C)n2-c2cccc(C)c2)cc1OC. The Morgan fingerprint density at radius 3 is 2.68 bits per heavy atom. The number of nitro groups is 1. The molecular formula is C21H23BrN4O4S. The summed E-state index contributed by atoms with van der Waals surface area (Å²) in [5.41, 5.74) is 2.74. The summed E-state index contributed by atoms with van der Waals surface area (Å²) in [6.45, 7) is 5.94. The zero-order valence-corrected chi connectivity index (χ0v) is 20.1. The molecule has 8 nitrogen and oxygen atoms in total. The average Bonchev–Trinajstić information content (AvgIpc) is 3.08. The standard InChI is InChI=1S/C21H23BrN4O4S/c1-5-30-20-17(22)10-15(11-18(20)29-4)19(12-25(27)28)31-21-24-23-14(3)26(21)16-8-6-7-13(2)9-16/h6-11,19H,5,12H2,1-4H3/t19-/m1/s1. The Morgan fingerprint density at radius 2 is 2.03 bits per heavy atom. The van der Waals surface area contributed by atoms with Gasteiger partial charge in [-0.05, 0) is 72.1 Å². The number of aromatic nitrogens is 3. The van der Waals surface area contributed by atoms with Crippen LogP contribution in [-0.2, 0) is 0 Å². The molecule has 1 heterocycles. The number of hydrogen-bond donors (Lipinski definition) is 0. The van der Waals surface area contributed by atoms with Crippen molar-refractivity contribution in [1.29, 1.82) is 0 Å². The lowest BCUT2D eigenvalue weighted by Gasteiger charge is -2.18. The van der Waals surface area contributed by atoms with E-state index in [4.69, 9.17) is 9.47 Å². The van der Waals surface area contributed by atoms with Gasteiger partial charge in [-0.25, -0.2) is 0 Å². The maximum absolute atomic E-state index is 11.5. The molecule has 164 valence electrons. The molecule has 0 saturated heterocycles. The van der Waals surface area contributed by atoms with Gasteiger partial charge in [0.15, 0.2) is 16.7 Å². The summed E-state index contributed by atoms with van der Waals surface area (Å²) in [6, 6.07) is 11.6. The van der Waals surface area contributed by atoms with Gasteiger partial charge in [0.1, 0.15) is 11.1 Å². The summed E-state index contributed by atoms with van der Waals surface area (Å²) in [7, 11) is 1.54. The van der Waals surface area contributed by atoms with Crippen LogP contribution in [0.4, 0.5) is 0 Å². The van der Waals surface area contributed by atoms with E-state index < -0.39 is 5.25 Å². The molecule has 0 saturated carbocycles. The number of halogens is 1. The molecule has 2 aromatic carbocycles. The van der Waals surface area contributed by atoms with Crippen LogP contribution < -0.4 is 9.47 Å². The van der Waals surface area contributed by atoms with Crippen molar-refractivity contribution >= 4 is 27.7 Å². The summed E-state index contributed by atoms with van der Waals surface area (Å²) >= 11 is 4.80. The van der Waals surface area contributed by atoms with Crippen LogP contribution in [-0.4, -0.2) is 39.9 Å². The van der Waals surface area contributed by atoms with Crippen LogP contribution in [0.2, 0.25) is 0 Å². The van der Waals surface area contributed by atoms with Crippen molar-refractivity contribution in [3.05, 3.63) is 67.9 Å². The fourth-order valence-electron chi connectivity index (χ4n) is 3.17. The fourth-order valence-corrected chi connectivity index (χ4v) is 4.90. The minimum atomic E-state index is -0.511. The van der Waals surface area contributed by atoms with Crippen LogP contribution in [0, 0.1) is 24.0 Å². The summed E-state index contributed by atoms with van der Waals surface area (Å²) < 4.78 is 13.7. The van der Waals surface area contributed by atoms with Crippen molar-refractivity contribution in [1.82, 2.24) is 14.8 Å². The van der Waals surface area contributed by atoms with Crippen molar-refractivity contribution in [2.45, 2.75) is 31.2 Å². The quantitative estimate of drug-likeness (QED) is 0.224. The van der Waals surface area contributed by atoms with Crippen LogP contribution in [0.25, 0.3) is 5.69 Å². The Balaban J connectivity index is 2.03. The van der Waals surface area contributed by atoms with E-state index in [0.717, 1.165) is 16.8 Å². The third kappa shape index (κ3) is 5.37. The second-order valence-electron chi connectivity index (χ2n) is 6.79. The van der Waals surface area contributed by atoms with E-state index in [1.807, 2.05) is 55.7 Å².